The molecule has 0 saturated carbocycles. The van der Waals surface area contributed by atoms with Gasteiger partial charge in [-0.15, -0.1) is 0 Å². The second-order valence-electron chi connectivity index (χ2n) is 5.15. The molecule has 3 unspecified atom stereocenters. The summed E-state index contributed by atoms with van der Waals surface area (Å²) in [6.45, 7) is 6.12. The van der Waals surface area contributed by atoms with Gasteiger partial charge in [0.25, 0.3) is 0 Å². The largest absolute Gasteiger partial charge is 0.468 e. The topological polar surface area (TPSA) is 56.8 Å². The van der Waals surface area contributed by atoms with Crippen LogP contribution in [-0.2, 0) is 19.0 Å². The average Bonchev–Trinajstić information content (AvgIpc) is 2.88. The molecule has 3 atom stereocenters. The Hall–Kier alpha value is -0.650. The fourth-order valence-corrected chi connectivity index (χ4v) is 2.16. The number of esters is 1. The molecular formula is C13H25NO4. The molecule has 0 spiro atoms. The third-order valence-corrected chi connectivity index (χ3v) is 3.52. The summed E-state index contributed by atoms with van der Waals surface area (Å²) in [5.74, 6) is 0.232. The minimum atomic E-state index is -0.694. The number of rotatable bonds is 7. The standard InChI is InChI=1S/C13H25NO4/c1-10(18-9-11-5-6-17-8-11)7-13(2,14-3)12(15)16-4/h10-11,14H,5-9H2,1-4H3. The van der Waals surface area contributed by atoms with Crippen LogP contribution in [-0.4, -0.2) is 51.6 Å². The third-order valence-electron chi connectivity index (χ3n) is 3.52. The van der Waals surface area contributed by atoms with Crippen LogP contribution in [0.15, 0.2) is 0 Å². The fraction of sp³-hybridized carbons (Fsp3) is 0.923. The maximum atomic E-state index is 11.7. The summed E-state index contributed by atoms with van der Waals surface area (Å²) < 4.78 is 15.9. The molecule has 0 radical (unpaired) electrons. The van der Waals surface area contributed by atoms with Crippen molar-refractivity contribution in [2.75, 3.05) is 34.0 Å². The Bertz CT molecular complexity index is 266. The molecule has 0 aromatic rings. The van der Waals surface area contributed by atoms with Gasteiger partial charge in [0.2, 0.25) is 0 Å². The summed E-state index contributed by atoms with van der Waals surface area (Å²) in [4.78, 5) is 11.7. The highest BCUT2D eigenvalue weighted by Gasteiger charge is 2.34. The van der Waals surface area contributed by atoms with Crippen LogP contribution in [0.4, 0.5) is 0 Å². The minimum absolute atomic E-state index is 0.00199. The summed E-state index contributed by atoms with van der Waals surface area (Å²) in [5.41, 5.74) is -0.694. The van der Waals surface area contributed by atoms with Crippen LogP contribution in [0.1, 0.15) is 26.7 Å². The number of nitrogens with one attached hydrogen (secondary N) is 1. The van der Waals surface area contributed by atoms with Gasteiger partial charge >= 0.3 is 5.97 Å². The van der Waals surface area contributed by atoms with Gasteiger partial charge in [-0.3, -0.25) is 4.79 Å². The van der Waals surface area contributed by atoms with Crippen molar-refractivity contribution in [1.29, 1.82) is 0 Å². The van der Waals surface area contributed by atoms with Crippen molar-refractivity contribution in [1.82, 2.24) is 5.32 Å². The van der Waals surface area contributed by atoms with Gasteiger partial charge < -0.3 is 19.5 Å². The van der Waals surface area contributed by atoms with Gasteiger partial charge in [0.15, 0.2) is 0 Å². The summed E-state index contributed by atoms with van der Waals surface area (Å²) in [6.07, 6.45) is 1.65. The second-order valence-corrected chi connectivity index (χ2v) is 5.15. The van der Waals surface area contributed by atoms with Gasteiger partial charge in [0.05, 0.1) is 26.4 Å². The predicted octanol–water partition coefficient (Wildman–Crippen LogP) is 0.969. The molecule has 18 heavy (non-hydrogen) atoms. The van der Waals surface area contributed by atoms with Crippen molar-refractivity contribution < 1.29 is 19.0 Å². The van der Waals surface area contributed by atoms with Crippen LogP contribution < -0.4 is 5.32 Å². The van der Waals surface area contributed by atoms with Crippen molar-refractivity contribution >= 4 is 5.97 Å². The lowest BCUT2D eigenvalue weighted by molar-refractivity contribution is -0.149. The zero-order valence-electron chi connectivity index (χ0n) is 11.8. The quantitative estimate of drug-likeness (QED) is 0.690. The van der Waals surface area contributed by atoms with E-state index >= 15 is 0 Å². The Morgan fingerprint density at radius 1 is 1.61 bits per heavy atom. The molecule has 1 saturated heterocycles. The molecule has 5 nitrogen and oxygen atoms in total. The minimum Gasteiger partial charge on any atom is -0.468 e. The molecule has 0 bridgehead atoms. The first-order chi connectivity index (χ1) is 8.51. The molecule has 0 amide bonds. The third kappa shape index (κ3) is 4.23. The second kappa shape index (κ2) is 7.07. The lowest BCUT2D eigenvalue weighted by Gasteiger charge is -2.29. The number of ether oxygens (including phenoxy) is 3. The van der Waals surface area contributed by atoms with Gasteiger partial charge in [0.1, 0.15) is 5.54 Å². The van der Waals surface area contributed by atoms with E-state index in [-0.39, 0.29) is 12.1 Å². The summed E-state index contributed by atoms with van der Waals surface area (Å²) >= 11 is 0. The highest BCUT2D eigenvalue weighted by molar-refractivity contribution is 5.80. The Morgan fingerprint density at radius 2 is 2.33 bits per heavy atom. The smallest absolute Gasteiger partial charge is 0.325 e. The normalized spacial score (nSPS) is 24.6. The van der Waals surface area contributed by atoms with E-state index in [2.05, 4.69) is 5.32 Å². The summed E-state index contributed by atoms with van der Waals surface area (Å²) in [7, 11) is 3.16. The van der Waals surface area contributed by atoms with Crippen molar-refractivity contribution in [3.05, 3.63) is 0 Å². The van der Waals surface area contributed by atoms with E-state index in [0.717, 1.165) is 19.6 Å². The van der Waals surface area contributed by atoms with Crippen molar-refractivity contribution in [2.45, 2.75) is 38.3 Å². The Labute approximate surface area is 109 Å². The molecule has 1 N–H and O–H groups in total. The van der Waals surface area contributed by atoms with Crippen LogP contribution in [0, 0.1) is 5.92 Å². The van der Waals surface area contributed by atoms with Gasteiger partial charge in [-0.05, 0) is 27.3 Å². The Morgan fingerprint density at radius 3 is 2.83 bits per heavy atom. The molecule has 0 aliphatic carbocycles. The van der Waals surface area contributed by atoms with Gasteiger partial charge in [-0.25, -0.2) is 0 Å². The van der Waals surface area contributed by atoms with Crippen molar-refractivity contribution in [2.24, 2.45) is 5.92 Å². The zero-order valence-corrected chi connectivity index (χ0v) is 11.8. The van der Waals surface area contributed by atoms with Crippen LogP contribution >= 0.6 is 0 Å². The number of hydrogen-bond acceptors (Lipinski definition) is 5. The first-order valence-electron chi connectivity index (χ1n) is 6.48. The maximum absolute atomic E-state index is 11.7. The molecular weight excluding hydrogens is 234 g/mol. The van der Waals surface area contributed by atoms with E-state index in [1.165, 1.54) is 7.11 Å². The highest BCUT2D eigenvalue weighted by Crippen LogP contribution is 2.18. The van der Waals surface area contributed by atoms with E-state index in [1.54, 1.807) is 7.05 Å². The average molecular weight is 259 g/mol. The molecule has 1 rings (SSSR count). The zero-order chi connectivity index (χ0) is 13.6. The number of carbonyl (C=O) groups excluding carboxylic acids is 1. The lowest BCUT2D eigenvalue weighted by atomic mass is 9.95. The molecule has 5 heteroatoms. The number of carbonyl (C=O) groups is 1. The van der Waals surface area contributed by atoms with Crippen molar-refractivity contribution in [3.8, 4) is 0 Å². The number of hydrogen-bond donors (Lipinski definition) is 1. The number of methoxy groups -OCH3 is 1. The van der Waals surface area contributed by atoms with Gasteiger partial charge in [0, 0.05) is 18.9 Å². The van der Waals surface area contributed by atoms with E-state index < -0.39 is 5.54 Å². The van der Waals surface area contributed by atoms with E-state index in [0.29, 0.717) is 18.9 Å². The van der Waals surface area contributed by atoms with E-state index in [9.17, 15) is 4.79 Å². The first kappa shape index (κ1) is 15.4. The fourth-order valence-electron chi connectivity index (χ4n) is 2.16. The van der Waals surface area contributed by atoms with Gasteiger partial charge in [-0.2, -0.15) is 0 Å². The molecule has 1 aliphatic heterocycles. The molecule has 0 aromatic carbocycles. The van der Waals surface area contributed by atoms with E-state index in [1.807, 2.05) is 13.8 Å². The van der Waals surface area contributed by atoms with Crippen LogP contribution in [0.2, 0.25) is 0 Å². The molecule has 1 heterocycles. The predicted molar refractivity (Wildman–Crippen MR) is 68.4 cm³/mol. The van der Waals surface area contributed by atoms with Crippen LogP contribution in [0.3, 0.4) is 0 Å². The van der Waals surface area contributed by atoms with Crippen LogP contribution in [0.5, 0.6) is 0 Å². The maximum Gasteiger partial charge on any atom is 0.325 e. The monoisotopic (exact) mass is 259 g/mol. The first-order valence-corrected chi connectivity index (χ1v) is 6.48. The molecule has 0 aromatic heterocycles. The molecule has 1 fully saturated rings. The summed E-state index contributed by atoms with van der Waals surface area (Å²) in [6, 6.07) is 0. The van der Waals surface area contributed by atoms with E-state index in [4.69, 9.17) is 14.2 Å². The highest BCUT2D eigenvalue weighted by atomic mass is 16.5. The van der Waals surface area contributed by atoms with Gasteiger partial charge in [-0.1, -0.05) is 0 Å². The molecule has 106 valence electrons. The Balaban J connectivity index is 2.36. The lowest BCUT2D eigenvalue weighted by Crippen LogP contribution is -2.50. The molecule has 1 aliphatic rings. The number of likely N-dealkylation sites (N-methyl/N-ethyl adjacent to an activating group) is 1. The SMILES string of the molecule is CNC(C)(CC(C)OCC1CCOC1)C(=O)OC. The summed E-state index contributed by atoms with van der Waals surface area (Å²) in [5, 5.41) is 3.01. The van der Waals surface area contributed by atoms with Crippen molar-refractivity contribution in [3.63, 3.8) is 0 Å². The Kier molecular flexibility index (Phi) is 6.05. The van der Waals surface area contributed by atoms with Crippen LogP contribution in [0.25, 0.3) is 0 Å².